The molecule has 29 heavy (non-hydrogen) atoms. The van der Waals surface area contributed by atoms with Crippen molar-refractivity contribution >= 4 is 23.2 Å². The number of nitrogens with one attached hydrogen (secondary N) is 2. The quantitative estimate of drug-likeness (QED) is 0.723. The Balaban J connectivity index is 1.40. The summed E-state index contributed by atoms with van der Waals surface area (Å²) in [6, 6.07) is 13.7. The fraction of sp³-hybridized carbons (Fsp3) is 0.333. The minimum Gasteiger partial charge on any atom is -0.495 e. The molecule has 0 radical (unpaired) electrons. The van der Waals surface area contributed by atoms with Crippen LogP contribution in [0.3, 0.4) is 0 Å². The molecule has 0 aliphatic carbocycles. The number of carbonyl (C=O) groups excluding carboxylic acids is 2. The minimum absolute atomic E-state index is 0.0138. The van der Waals surface area contributed by atoms with E-state index in [1.807, 2.05) is 24.3 Å². The SMILES string of the molecule is COc1ccccc1N1CCN(CCNC(=O)C(=O)Nc2ccccc2F)CC1. The van der Waals surface area contributed by atoms with Crippen LogP contribution in [0.4, 0.5) is 15.8 Å². The second kappa shape index (κ2) is 9.88. The van der Waals surface area contributed by atoms with Crippen LogP contribution >= 0.6 is 0 Å². The van der Waals surface area contributed by atoms with Crippen molar-refractivity contribution < 1.29 is 18.7 Å². The summed E-state index contributed by atoms with van der Waals surface area (Å²) in [7, 11) is 1.67. The number of methoxy groups -OCH3 is 1. The second-order valence-corrected chi connectivity index (χ2v) is 6.69. The third-order valence-electron chi connectivity index (χ3n) is 4.84. The van der Waals surface area contributed by atoms with Crippen molar-refractivity contribution in [2.45, 2.75) is 0 Å². The van der Waals surface area contributed by atoms with Crippen molar-refractivity contribution in [3.05, 3.63) is 54.3 Å². The summed E-state index contributed by atoms with van der Waals surface area (Å²) in [5.74, 6) is -1.38. The lowest BCUT2D eigenvalue weighted by molar-refractivity contribution is -0.136. The van der Waals surface area contributed by atoms with Crippen molar-refractivity contribution in [2.24, 2.45) is 0 Å². The Morgan fingerprint density at radius 2 is 1.69 bits per heavy atom. The molecule has 2 aromatic carbocycles. The summed E-state index contributed by atoms with van der Waals surface area (Å²) in [4.78, 5) is 28.3. The Hall–Kier alpha value is -3.13. The number of amides is 2. The van der Waals surface area contributed by atoms with E-state index in [1.165, 1.54) is 18.2 Å². The van der Waals surface area contributed by atoms with Gasteiger partial charge in [-0.1, -0.05) is 24.3 Å². The number of rotatable bonds is 6. The van der Waals surface area contributed by atoms with Crippen LogP contribution in [0.25, 0.3) is 0 Å². The number of para-hydroxylation sites is 3. The molecular formula is C21H25FN4O3. The Labute approximate surface area is 169 Å². The monoisotopic (exact) mass is 400 g/mol. The number of carbonyl (C=O) groups is 2. The van der Waals surface area contributed by atoms with Gasteiger partial charge in [0.1, 0.15) is 11.6 Å². The van der Waals surface area contributed by atoms with Gasteiger partial charge in [-0.15, -0.1) is 0 Å². The summed E-state index contributed by atoms with van der Waals surface area (Å²) in [5, 5.41) is 4.86. The fourth-order valence-corrected chi connectivity index (χ4v) is 3.25. The van der Waals surface area contributed by atoms with E-state index >= 15 is 0 Å². The first-order valence-electron chi connectivity index (χ1n) is 9.52. The largest absolute Gasteiger partial charge is 0.495 e. The molecule has 1 fully saturated rings. The zero-order valence-electron chi connectivity index (χ0n) is 16.4. The van der Waals surface area contributed by atoms with Gasteiger partial charge in [0.25, 0.3) is 0 Å². The summed E-state index contributed by atoms with van der Waals surface area (Å²) in [5.41, 5.74) is 1.06. The molecule has 0 atom stereocenters. The van der Waals surface area contributed by atoms with Gasteiger partial charge in [0.2, 0.25) is 0 Å². The Kier molecular flexibility index (Phi) is 7.02. The zero-order chi connectivity index (χ0) is 20.6. The van der Waals surface area contributed by atoms with Gasteiger partial charge in [-0.3, -0.25) is 14.5 Å². The van der Waals surface area contributed by atoms with E-state index in [0.717, 1.165) is 37.6 Å². The van der Waals surface area contributed by atoms with Crippen molar-refractivity contribution in [1.29, 1.82) is 0 Å². The first-order valence-corrected chi connectivity index (χ1v) is 9.52. The van der Waals surface area contributed by atoms with Gasteiger partial charge in [0.05, 0.1) is 18.5 Å². The molecule has 1 aliphatic heterocycles. The molecule has 0 saturated carbocycles. The maximum atomic E-state index is 13.5. The zero-order valence-corrected chi connectivity index (χ0v) is 16.4. The number of benzene rings is 2. The van der Waals surface area contributed by atoms with Crippen molar-refractivity contribution in [2.75, 3.05) is 56.6 Å². The van der Waals surface area contributed by atoms with Gasteiger partial charge >= 0.3 is 11.8 Å². The van der Waals surface area contributed by atoms with E-state index in [1.54, 1.807) is 13.2 Å². The van der Waals surface area contributed by atoms with Crippen LogP contribution in [-0.4, -0.2) is 63.1 Å². The molecule has 0 aromatic heterocycles. The number of ether oxygens (including phenoxy) is 1. The maximum absolute atomic E-state index is 13.5. The van der Waals surface area contributed by atoms with Crippen LogP contribution in [0.1, 0.15) is 0 Å². The molecule has 0 spiro atoms. The van der Waals surface area contributed by atoms with Crippen molar-refractivity contribution in [1.82, 2.24) is 10.2 Å². The van der Waals surface area contributed by atoms with Crippen LogP contribution in [0.2, 0.25) is 0 Å². The Bertz CT molecular complexity index is 853. The molecule has 1 saturated heterocycles. The van der Waals surface area contributed by atoms with Gasteiger partial charge in [-0.05, 0) is 24.3 Å². The molecule has 3 rings (SSSR count). The minimum atomic E-state index is -0.879. The predicted molar refractivity (Wildman–Crippen MR) is 110 cm³/mol. The number of hydrogen-bond acceptors (Lipinski definition) is 5. The van der Waals surface area contributed by atoms with Gasteiger partial charge in [0, 0.05) is 39.3 Å². The highest BCUT2D eigenvalue weighted by molar-refractivity contribution is 6.39. The third kappa shape index (κ3) is 5.45. The van der Waals surface area contributed by atoms with Crippen LogP contribution < -0.4 is 20.3 Å². The van der Waals surface area contributed by atoms with Crippen LogP contribution in [0, 0.1) is 5.82 Å². The molecule has 8 heteroatoms. The number of piperazine rings is 1. The maximum Gasteiger partial charge on any atom is 0.313 e. The van der Waals surface area contributed by atoms with E-state index in [4.69, 9.17) is 4.74 Å². The van der Waals surface area contributed by atoms with Crippen LogP contribution in [0.15, 0.2) is 48.5 Å². The lowest BCUT2D eigenvalue weighted by atomic mass is 10.2. The normalized spacial score (nSPS) is 14.3. The summed E-state index contributed by atoms with van der Waals surface area (Å²) in [6.07, 6.45) is 0. The molecule has 154 valence electrons. The molecule has 0 unspecified atom stereocenters. The molecule has 2 N–H and O–H groups in total. The second-order valence-electron chi connectivity index (χ2n) is 6.69. The molecule has 1 aliphatic rings. The Morgan fingerprint density at radius 3 is 2.41 bits per heavy atom. The lowest BCUT2D eigenvalue weighted by Gasteiger charge is -2.36. The number of anilines is 2. The predicted octanol–water partition coefficient (Wildman–Crippen LogP) is 1.71. The highest BCUT2D eigenvalue weighted by atomic mass is 19.1. The third-order valence-corrected chi connectivity index (χ3v) is 4.84. The average Bonchev–Trinajstić information content (AvgIpc) is 2.75. The number of hydrogen-bond donors (Lipinski definition) is 2. The van der Waals surface area contributed by atoms with E-state index in [9.17, 15) is 14.0 Å². The first-order chi connectivity index (χ1) is 14.1. The first kappa shape index (κ1) is 20.6. The smallest absolute Gasteiger partial charge is 0.313 e. The highest BCUT2D eigenvalue weighted by Gasteiger charge is 2.20. The number of nitrogens with zero attached hydrogens (tertiary/aromatic N) is 2. The van der Waals surface area contributed by atoms with E-state index < -0.39 is 17.6 Å². The van der Waals surface area contributed by atoms with E-state index in [-0.39, 0.29) is 5.69 Å². The van der Waals surface area contributed by atoms with Gasteiger partial charge in [-0.25, -0.2) is 4.39 Å². The molecule has 2 aromatic rings. The van der Waals surface area contributed by atoms with E-state index in [0.29, 0.717) is 13.1 Å². The molecule has 1 heterocycles. The van der Waals surface area contributed by atoms with Crippen LogP contribution in [-0.2, 0) is 9.59 Å². The Morgan fingerprint density at radius 1 is 1.00 bits per heavy atom. The molecule has 7 nitrogen and oxygen atoms in total. The summed E-state index contributed by atoms with van der Waals surface area (Å²) in [6.45, 7) is 4.37. The average molecular weight is 400 g/mol. The van der Waals surface area contributed by atoms with Crippen molar-refractivity contribution in [3.8, 4) is 5.75 Å². The van der Waals surface area contributed by atoms with E-state index in [2.05, 4.69) is 20.4 Å². The lowest BCUT2D eigenvalue weighted by Crippen LogP contribution is -2.49. The summed E-state index contributed by atoms with van der Waals surface area (Å²) < 4.78 is 19.0. The van der Waals surface area contributed by atoms with Gasteiger partial charge < -0.3 is 20.3 Å². The van der Waals surface area contributed by atoms with Gasteiger partial charge in [-0.2, -0.15) is 0 Å². The summed E-state index contributed by atoms with van der Waals surface area (Å²) >= 11 is 0. The number of halogens is 1. The van der Waals surface area contributed by atoms with Gasteiger partial charge in [0.15, 0.2) is 0 Å². The molecule has 2 amide bonds. The van der Waals surface area contributed by atoms with Crippen LogP contribution in [0.5, 0.6) is 5.75 Å². The highest BCUT2D eigenvalue weighted by Crippen LogP contribution is 2.28. The topological polar surface area (TPSA) is 73.9 Å². The standard InChI is InChI=1S/C21H25FN4O3/c1-29-19-9-5-4-8-18(19)26-14-12-25(13-15-26)11-10-23-20(27)21(28)24-17-7-3-2-6-16(17)22/h2-9H,10-15H2,1H3,(H,23,27)(H,24,28). The molecular weight excluding hydrogens is 375 g/mol. The molecule has 0 bridgehead atoms. The van der Waals surface area contributed by atoms with Crippen molar-refractivity contribution in [3.63, 3.8) is 0 Å². The fourth-order valence-electron chi connectivity index (χ4n) is 3.25.